The second-order valence-electron chi connectivity index (χ2n) is 15.9. The van der Waals surface area contributed by atoms with Crippen LogP contribution in [0.1, 0.15) is 77.5 Å². The Bertz CT molecular complexity index is 1420. The molecule has 1 aromatic rings. The number of carbonyl (C=O) groups excluding carboxylic acids is 1. The monoisotopic (exact) mass is 664 g/mol. The highest BCUT2D eigenvalue weighted by atomic mass is 16.7. The van der Waals surface area contributed by atoms with Gasteiger partial charge in [-0.3, -0.25) is 4.79 Å². The molecule has 3 aliphatic carbocycles. The molecular weight excluding hydrogens is 612 g/mol. The Labute approximate surface area is 275 Å². The smallest absolute Gasteiger partial charge is 0.229 e. The van der Waals surface area contributed by atoms with Gasteiger partial charge in [0.05, 0.1) is 29.3 Å². The number of fused-ring (bicyclic) bond motifs is 5. The lowest BCUT2D eigenvalue weighted by Gasteiger charge is -2.62. The van der Waals surface area contributed by atoms with Crippen LogP contribution in [0.25, 0.3) is 0 Å². The summed E-state index contributed by atoms with van der Waals surface area (Å²) in [7, 11) is 0. The van der Waals surface area contributed by atoms with E-state index in [0.717, 1.165) is 5.56 Å². The van der Waals surface area contributed by atoms with E-state index in [9.17, 15) is 50.8 Å². The van der Waals surface area contributed by atoms with Gasteiger partial charge in [-0.25, -0.2) is 0 Å². The maximum Gasteiger partial charge on any atom is 0.229 e. The highest BCUT2D eigenvalue weighted by Gasteiger charge is 2.73. The van der Waals surface area contributed by atoms with Crippen molar-refractivity contribution in [2.75, 3.05) is 6.61 Å². The van der Waals surface area contributed by atoms with Crippen molar-refractivity contribution in [1.82, 2.24) is 0 Å². The zero-order chi connectivity index (χ0) is 35.2. The Balaban J connectivity index is 1.55. The van der Waals surface area contributed by atoms with Crippen molar-refractivity contribution < 1.29 is 60.2 Å². The Kier molecular flexibility index (Phi) is 9.03. The summed E-state index contributed by atoms with van der Waals surface area (Å²) in [5.41, 5.74) is -3.93. The van der Waals surface area contributed by atoms with Crippen LogP contribution in [0.5, 0.6) is 11.5 Å². The van der Waals surface area contributed by atoms with E-state index in [1.54, 1.807) is 13.0 Å². The zero-order valence-electron chi connectivity index (χ0n) is 28.2. The maximum atomic E-state index is 14.6. The largest absolute Gasteiger partial charge is 0.504 e. The quantitative estimate of drug-likeness (QED) is 0.182. The minimum absolute atomic E-state index is 0.0153. The minimum Gasteiger partial charge on any atom is -0.504 e. The topological polar surface area (TPSA) is 218 Å². The van der Waals surface area contributed by atoms with Crippen molar-refractivity contribution in [3.8, 4) is 11.5 Å². The number of Topliss-reactive ketones (excluding diaryl/α,β-unsaturated/α-hetero) is 1. The number of ketones is 1. The first-order valence-corrected chi connectivity index (χ1v) is 16.4. The summed E-state index contributed by atoms with van der Waals surface area (Å²) in [6.07, 6.45) is -6.22. The van der Waals surface area contributed by atoms with Gasteiger partial charge in [-0.1, -0.05) is 26.0 Å². The molecule has 1 heterocycles. The molecule has 5 rings (SSSR count). The predicted molar refractivity (Wildman–Crippen MR) is 168 cm³/mol. The van der Waals surface area contributed by atoms with E-state index in [2.05, 4.69) is 0 Å². The molecule has 0 amide bonds. The molecule has 3 unspecified atom stereocenters. The summed E-state index contributed by atoms with van der Waals surface area (Å²) in [5, 5.41) is 96.6. The standard InChI is InChI=1S/C35H52O12/c1-16-17-8-9-22-32(4)13-19(37)29(35(7,45)23(38)10-11-31(2,3)44)33(32,5)14-24(39)34(22,6)18(17)12-20(25(16)40)46-30-28(43)27(42)26(41)21(15-36)47-30/h10-12,19,21-23,26-30,36-38,40-45H,8-9,13-15H2,1-7H3/b11-10+/t19-,21-,22+,23?,26-,27+,28-,29?,30?,32+,33-,34+,35+/m1/s1. The van der Waals surface area contributed by atoms with Crippen molar-refractivity contribution in [2.24, 2.45) is 22.7 Å². The number of carbonyl (C=O) groups is 1. The number of phenolic OH excluding ortho intramolecular Hbond substituents is 1. The lowest BCUT2D eigenvalue weighted by Crippen LogP contribution is -2.64. The summed E-state index contributed by atoms with van der Waals surface area (Å²) in [5.74, 6) is -1.68. The molecule has 264 valence electrons. The molecule has 12 nitrogen and oxygen atoms in total. The molecule has 0 radical (unpaired) electrons. The zero-order valence-corrected chi connectivity index (χ0v) is 28.2. The fraction of sp³-hybridized carbons (Fsp3) is 0.743. The van der Waals surface area contributed by atoms with E-state index in [-0.39, 0.29) is 36.0 Å². The fourth-order valence-corrected chi connectivity index (χ4v) is 9.72. The van der Waals surface area contributed by atoms with Crippen LogP contribution in [-0.2, 0) is 21.4 Å². The van der Waals surface area contributed by atoms with Gasteiger partial charge in [-0.15, -0.1) is 0 Å². The summed E-state index contributed by atoms with van der Waals surface area (Å²) in [6, 6.07) is 1.55. The van der Waals surface area contributed by atoms with Gasteiger partial charge in [0, 0.05) is 12.3 Å². The first-order valence-electron chi connectivity index (χ1n) is 16.4. The third-order valence-electron chi connectivity index (χ3n) is 12.5. The Morgan fingerprint density at radius 2 is 1.70 bits per heavy atom. The lowest BCUT2D eigenvalue weighted by molar-refractivity contribution is -0.277. The van der Waals surface area contributed by atoms with E-state index in [4.69, 9.17) is 9.47 Å². The predicted octanol–water partition coefficient (Wildman–Crippen LogP) is 0.505. The van der Waals surface area contributed by atoms with E-state index < -0.39 is 82.9 Å². The van der Waals surface area contributed by atoms with E-state index in [1.165, 1.54) is 32.9 Å². The first kappa shape index (κ1) is 36.2. The third-order valence-corrected chi connectivity index (χ3v) is 12.5. The molecule has 47 heavy (non-hydrogen) atoms. The van der Waals surface area contributed by atoms with Crippen LogP contribution in [0.3, 0.4) is 0 Å². The molecule has 1 aliphatic heterocycles. The lowest BCUT2D eigenvalue weighted by atomic mass is 9.41. The summed E-state index contributed by atoms with van der Waals surface area (Å²) in [6.45, 7) is 11.4. The molecule has 3 fully saturated rings. The molecular formula is C35H52O12. The number of rotatable bonds is 7. The summed E-state index contributed by atoms with van der Waals surface area (Å²) >= 11 is 0. The summed E-state index contributed by atoms with van der Waals surface area (Å²) < 4.78 is 11.4. The number of hydrogen-bond acceptors (Lipinski definition) is 12. The van der Waals surface area contributed by atoms with Crippen LogP contribution in [-0.4, -0.2) is 112 Å². The molecule has 0 bridgehead atoms. The Morgan fingerprint density at radius 3 is 2.30 bits per heavy atom. The molecule has 12 heteroatoms. The van der Waals surface area contributed by atoms with Gasteiger partial charge in [0.15, 0.2) is 11.5 Å². The number of hydrogen-bond donors (Lipinski definition) is 9. The van der Waals surface area contributed by atoms with E-state index >= 15 is 0 Å². The van der Waals surface area contributed by atoms with E-state index in [1.807, 2.05) is 20.8 Å². The van der Waals surface area contributed by atoms with Crippen LogP contribution in [0.4, 0.5) is 0 Å². The third kappa shape index (κ3) is 5.35. The van der Waals surface area contributed by atoms with Crippen LogP contribution in [0, 0.1) is 29.6 Å². The van der Waals surface area contributed by atoms with Crippen LogP contribution in [0.15, 0.2) is 18.2 Å². The Hall–Kier alpha value is -2.13. The maximum absolute atomic E-state index is 14.6. The van der Waals surface area contributed by atoms with Crippen LogP contribution < -0.4 is 4.74 Å². The average Bonchev–Trinajstić information content (AvgIpc) is 3.19. The number of phenols is 1. The summed E-state index contributed by atoms with van der Waals surface area (Å²) in [4.78, 5) is 14.6. The van der Waals surface area contributed by atoms with Gasteiger partial charge in [-0.2, -0.15) is 0 Å². The van der Waals surface area contributed by atoms with Crippen LogP contribution in [0.2, 0.25) is 0 Å². The van der Waals surface area contributed by atoms with Crippen molar-refractivity contribution in [1.29, 1.82) is 0 Å². The molecule has 1 saturated heterocycles. The van der Waals surface area contributed by atoms with Gasteiger partial charge in [0.1, 0.15) is 36.3 Å². The average molecular weight is 665 g/mol. The molecule has 0 aromatic heterocycles. The molecule has 4 aliphatic rings. The molecule has 13 atom stereocenters. The van der Waals surface area contributed by atoms with Gasteiger partial charge < -0.3 is 55.4 Å². The molecule has 1 aromatic carbocycles. The van der Waals surface area contributed by atoms with Crippen LogP contribution >= 0.6 is 0 Å². The molecule has 2 saturated carbocycles. The van der Waals surface area contributed by atoms with E-state index in [0.29, 0.717) is 24.0 Å². The number of aromatic hydroxyl groups is 1. The number of aliphatic hydroxyl groups excluding tert-OH is 6. The number of aliphatic hydroxyl groups is 8. The van der Waals surface area contributed by atoms with Crippen molar-refractivity contribution in [2.45, 2.75) is 134 Å². The number of ether oxygens (including phenoxy) is 2. The second-order valence-corrected chi connectivity index (χ2v) is 15.9. The van der Waals surface area contributed by atoms with Gasteiger partial charge in [-0.05, 0) is 93.4 Å². The van der Waals surface area contributed by atoms with Gasteiger partial charge in [0.25, 0.3) is 0 Å². The minimum atomic E-state index is -1.84. The molecule has 0 spiro atoms. The SMILES string of the molecule is Cc1c(O)c(OC2O[C@H](CO)[C@@H](O)[C@H](O)[C@H]2O)cc2c1CC[C@@H]1[C@@]2(C)C(=O)C[C@]2(C)C([C@@](C)(O)C(O)/C=C/C(C)(C)O)[C@H](O)C[C@@]12C. The Morgan fingerprint density at radius 1 is 1.06 bits per heavy atom. The molecule has 9 N–H and O–H groups in total. The fourth-order valence-electron chi connectivity index (χ4n) is 9.72. The van der Waals surface area contributed by atoms with Gasteiger partial charge >= 0.3 is 0 Å². The first-order chi connectivity index (χ1) is 21.6. The van der Waals surface area contributed by atoms with Crippen molar-refractivity contribution in [3.05, 3.63) is 34.9 Å². The normalized spacial score (nSPS) is 42.4. The van der Waals surface area contributed by atoms with Crippen molar-refractivity contribution >= 4 is 5.78 Å². The van der Waals surface area contributed by atoms with Crippen molar-refractivity contribution in [3.63, 3.8) is 0 Å². The highest BCUT2D eigenvalue weighted by molar-refractivity contribution is 5.93. The highest BCUT2D eigenvalue weighted by Crippen LogP contribution is 2.72. The second kappa shape index (κ2) is 11.7. The number of benzene rings is 1. The van der Waals surface area contributed by atoms with Gasteiger partial charge in [0.2, 0.25) is 6.29 Å².